The molecule has 0 aromatic carbocycles. The fraction of sp³-hybridized carbons (Fsp3) is 0.941. The fourth-order valence-electron chi connectivity index (χ4n) is 3.71. The van der Waals surface area contributed by atoms with E-state index in [-0.39, 0.29) is 23.2 Å². The highest BCUT2D eigenvalue weighted by Gasteiger charge is 2.50. The summed E-state index contributed by atoms with van der Waals surface area (Å²) in [6, 6.07) is 0.235. The Morgan fingerprint density at radius 1 is 1.27 bits per heavy atom. The number of carbonyl (C=O) groups is 1. The monoisotopic (exact) mass is 312 g/mol. The summed E-state index contributed by atoms with van der Waals surface area (Å²) in [6.07, 6.45) is 1.71. The first kappa shape index (κ1) is 17.5. The van der Waals surface area contributed by atoms with Crippen molar-refractivity contribution in [2.45, 2.75) is 71.6 Å². The largest absolute Gasteiger partial charge is 0.444 e. The minimum absolute atomic E-state index is 0.0807. The van der Waals surface area contributed by atoms with Gasteiger partial charge in [-0.25, -0.2) is 4.79 Å². The topological polar surface area (TPSA) is 50.8 Å². The molecule has 1 N–H and O–H groups in total. The average molecular weight is 312 g/mol. The molecule has 2 atom stereocenters. The highest BCUT2D eigenvalue weighted by Crippen LogP contribution is 2.38. The van der Waals surface area contributed by atoms with E-state index in [4.69, 9.17) is 9.47 Å². The SMILES string of the molecule is CC(C)(C)OC(=O)N1CCCC2(C1)OCCNC2C(C)(C)C. The zero-order valence-corrected chi connectivity index (χ0v) is 15.0. The van der Waals surface area contributed by atoms with Crippen molar-refractivity contribution in [3.8, 4) is 0 Å². The molecule has 0 aliphatic carbocycles. The van der Waals surface area contributed by atoms with Gasteiger partial charge < -0.3 is 19.7 Å². The summed E-state index contributed by atoms with van der Waals surface area (Å²) >= 11 is 0. The molecule has 0 bridgehead atoms. The van der Waals surface area contributed by atoms with Crippen LogP contribution < -0.4 is 5.32 Å². The molecule has 2 heterocycles. The van der Waals surface area contributed by atoms with E-state index in [0.717, 1.165) is 25.9 Å². The molecule has 5 heteroatoms. The molecule has 1 spiro atoms. The Bertz CT molecular complexity index is 407. The number of morpholine rings is 1. The lowest BCUT2D eigenvalue weighted by atomic mass is 9.72. The first-order valence-electron chi connectivity index (χ1n) is 8.39. The first-order valence-corrected chi connectivity index (χ1v) is 8.39. The molecule has 0 aromatic heterocycles. The third-order valence-corrected chi connectivity index (χ3v) is 4.37. The Labute approximate surface area is 134 Å². The van der Waals surface area contributed by atoms with Crippen LogP contribution >= 0.6 is 0 Å². The van der Waals surface area contributed by atoms with Crippen molar-refractivity contribution in [1.82, 2.24) is 10.2 Å². The van der Waals surface area contributed by atoms with Gasteiger partial charge in [0.1, 0.15) is 11.2 Å². The van der Waals surface area contributed by atoms with Crippen LogP contribution in [0, 0.1) is 5.41 Å². The van der Waals surface area contributed by atoms with E-state index in [0.29, 0.717) is 13.2 Å². The van der Waals surface area contributed by atoms with E-state index in [2.05, 4.69) is 26.1 Å². The lowest BCUT2D eigenvalue weighted by Crippen LogP contribution is -2.68. The number of likely N-dealkylation sites (tertiary alicyclic amines) is 1. The van der Waals surface area contributed by atoms with E-state index in [1.54, 1.807) is 0 Å². The van der Waals surface area contributed by atoms with Crippen LogP contribution in [0.3, 0.4) is 0 Å². The van der Waals surface area contributed by atoms with Gasteiger partial charge in [-0.1, -0.05) is 20.8 Å². The zero-order chi connectivity index (χ0) is 16.6. The van der Waals surface area contributed by atoms with Gasteiger partial charge in [0.05, 0.1) is 13.2 Å². The van der Waals surface area contributed by atoms with Gasteiger partial charge in [0, 0.05) is 19.1 Å². The number of nitrogens with one attached hydrogen (secondary N) is 1. The van der Waals surface area contributed by atoms with Crippen molar-refractivity contribution in [1.29, 1.82) is 0 Å². The summed E-state index contributed by atoms with van der Waals surface area (Å²) in [7, 11) is 0. The molecule has 2 rings (SSSR count). The Hall–Kier alpha value is -0.810. The molecule has 2 fully saturated rings. The van der Waals surface area contributed by atoms with Gasteiger partial charge in [0.25, 0.3) is 0 Å². The van der Waals surface area contributed by atoms with E-state index in [1.807, 2.05) is 25.7 Å². The Morgan fingerprint density at radius 2 is 1.95 bits per heavy atom. The van der Waals surface area contributed by atoms with Gasteiger partial charge in [0.2, 0.25) is 0 Å². The van der Waals surface area contributed by atoms with Gasteiger partial charge in [0.15, 0.2) is 0 Å². The van der Waals surface area contributed by atoms with Crippen LogP contribution in [0.1, 0.15) is 54.4 Å². The van der Waals surface area contributed by atoms with Crippen molar-refractivity contribution in [2.24, 2.45) is 5.41 Å². The minimum atomic E-state index is -0.462. The summed E-state index contributed by atoms with van der Waals surface area (Å²) in [5.74, 6) is 0. The molecule has 5 nitrogen and oxygen atoms in total. The van der Waals surface area contributed by atoms with E-state index < -0.39 is 5.60 Å². The zero-order valence-electron chi connectivity index (χ0n) is 15.0. The van der Waals surface area contributed by atoms with Crippen LogP contribution in [0.15, 0.2) is 0 Å². The minimum Gasteiger partial charge on any atom is -0.444 e. The molecule has 2 aliphatic rings. The van der Waals surface area contributed by atoms with E-state index >= 15 is 0 Å². The molecule has 22 heavy (non-hydrogen) atoms. The van der Waals surface area contributed by atoms with Crippen LogP contribution in [0.4, 0.5) is 4.79 Å². The maximum absolute atomic E-state index is 12.4. The lowest BCUT2D eigenvalue weighted by Gasteiger charge is -2.53. The highest BCUT2D eigenvalue weighted by molar-refractivity contribution is 5.68. The van der Waals surface area contributed by atoms with Gasteiger partial charge in [-0.05, 0) is 39.0 Å². The van der Waals surface area contributed by atoms with Crippen LogP contribution in [-0.4, -0.2) is 54.5 Å². The smallest absolute Gasteiger partial charge is 0.410 e. The molecule has 0 saturated carbocycles. The summed E-state index contributed by atoms with van der Waals surface area (Å²) in [6.45, 7) is 15.3. The number of carbonyl (C=O) groups excluding carboxylic acids is 1. The fourth-order valence-corrected chi connectivity index (χ4v) is 3.71. The third-order valence-electron chi connectivity index (χ3n) is 4.37. The highest BCUT2D eigenvalue weighted by atomic mass is 16.6. The molecular weight excluding hydrogens is 280 g/mol. The molecule has 2 saturated heterocycles. The number of rotatable bonds is 0. The van der Waals surface area contributed by atoms with Crippen LogP contribution in [0.2, 0.25) is 0 Å². The molecule has 0 radical (unpaired) electrons. The van der Waals surface area contributed by atoms with Crippen molar-refractivity contribution in [3.05, 3.63) is 0 Å². The average Bonchev–Trinajstić information content (AvgIpc) is 2.36. The van der Waals surface area contributed by atoms with Crippen LogP contribution in [0.25, 0.3) is 0 Å². The van der Waals surface area contributed by atoms with E-state index in [9.17, 15) is 4.79 Å². The summed E-state index contributed by atoms with van der Waals surface area (Å²) in [4.78, 5) is 14.2. The summed E-state index contributed by atoms with van der Waals surface area (Å²) in [5.41, 5.74) is -0.681. The Morgan fingerprint density at radius 3 is 2.55 bits per heavy atom. The van der Waals surface area contributed by atoms with Crippen LogP contribution in [-0.2, 0) is 9.47 Å². The number of piperidine rings is 1. The van der Waals surface area contributed by atoms with Crippen molar-refractivity contribution < 1.29 is 14.3 Å². The second kappa shape index (κ2) is 6.00. The molecule has 1 amide bonds. The normalized spacial score (nSPS) is 30.5. The standard InChI is InChI=1S/C17H32N2O3/c1-15(2,3)13-17(21-11-9-18-13)8-7-10-19(12-17)14(20)22-16(4,5)6/h13,18H,7-12H2,1-6H3. The number of hydrogen-bond donors (Lipinski definition) is 1. The van der Waals surface area contributed by atoms with Crippen molar-refractivity contribution >= 4 is 6.09 Å². The number of ether oxygens (including phenoxy) is 2. The maximum Gasteiger partial charge on any atom is 0.410 e. The predicted molar refractivity (Wildman–Crippen MR) is 87.0 cm³/mol. The molecule has 128 valence electrons. The van der Waals surface area contributed by atoms with Gasteiger partial charge in [-0.3, -0.25) is 0 Å². The van der Waals surface area contributed by atoms with Crippen molar-refractivity contribution in [3.63, 3.8) is 0 Å². The summed E-state index contributed by atoms with van der Waals surface area (Å²) < 4.78 is 11.8. The van der Waals surface area contributed by atoms with Gasteiger partial charge >= 0.3 is 6.09 Å². The molecular formula is C17H32N2O3. The van der Waals surface area contributed by atoms with Crippen molar-refractivity contribution in [2.75, 3.05) is 26.2 Å². The van der Waals surface area contributed by atoms with Crippen LogP contribution in [0.5, 0.6) is 0 Å². The maximum atomic E-state index is 12.4. The molecule has 0 aromatic rings. The second-order valence-corrected chi connectivity index (χ2v) is 8.67. The van der Waals surface area contributed by atoms with Gasteiger partial charge in [-0.2, -0.15) is 0 Å². The quantitative estimate of drug-likeness (QED) is 0.747. The molecule has 2 unspecified atom stereocenters. The van der Waals surface area contributed by atoms with E-state index in [1.165, 1.54) is 0 Å². The molecule has 2 aliphatic heterocycles. The Balaban J connectivity index is 2.15. The van der Waals surface area contributed by atoms with Gasteiger partial charge in [-0.15, -0.1) is 0 Å². The first-order chi connectivity index (χ1) is 10.0. The predicted octanol–water partition coefficient (Wildman–Crippen LogP) is 2.79. The summed E-state index contributed by atoms with van der Waals surface area (Å²) in [5, 5.41) is 3.62. The second-order valence-electron chi connectivity index (χ2n) is 8.67. The lowest BCUT2D eigenvalue weighted by molar-refractivity contribution is -0.151. The number of hydrogen-bond acceptors (Lipinski definition) is 4. The number of amides is 1. The third kappa shape index (κ3) is 3.93. The number of nitrogens with zero attached hydrogens (tertiary/aromatic N) is 1. The Kier molecular flexibility index (Phi) is 4.79.